The zero-order valence-corrected chi connectivity index (χ0v) is 11.9. The molecule has 0 amide bonds. The van der Waals surface area contributed by atoms with Crippen molar-refractivity contribution in [2.45, 2.75) is 32.7 Å². The van der Waals surface area contributed by atoms with E-state index in [1.165, 1.54) is 19.3 Å². The first-order chi connectivity index (χ1) is 9.06. The van der Waals surface area contributed by atoms with E-state index in [0.29, 0.717) is 0 Å². The highest BCUT2D eigenvalue weighted by Crippen LogP contribution is 2.26. The average Bonchev–Trinajstić information content (AvgIpc) is 2.56. The summed E-state index contributed by atoms with van der Waals surface area (Å²) in [5.41, 5.74) is 0.966. The van der Waals surface area contributed by atoms with Crippen LogP contribution in [0.2, 0.25) is 5.02 Å². The van der Waals surface area contributed by atoms with Crippen LogP contribution in [0.4, 0.5) is 5.69 Å². The fourth-order valence-corrected chi connectivity index (χ4v) is 2.72. The van der Waals surface area contributed by atoms with E-state index in [9.17, 15) is 10.1 Å². The van der Waals surface area contributed by atoms with Crippen molar-refractivity contribution in [3.05, 3.63) is 38.9 Å². The number of benzene rings is 1. The molecule has 1 fully saturated rings. The van der Waals surface area contributed by atoms with Crippen LogP contribution in [0.5, 0.6) is 0 Å². The van der Waals surface area contributed by atoms with Crippen LogP contribution >= 0.6 is 11.6 Å². The highest BCUT2D eigenvalue weighted by Gasteiger charge is 2.16. The number of hydrogen-bond donors (Lipinski definition) is 0. The summed E-state index contributed by atoms with van der Waals surface area (Å²) in [5, 5.41) is 11.1. The second-order valence-corrected chi connectivity index (χ2v) is 5.76. The van der Waals surface area contributed by atoms with Gasteiger partial charge in [-0.15, -0.1) is 0 Å². The van der Waals surface area contributed by atoms with Gasteiger partial charge in [-0.3, -0.25) is 15.0 Å². The summed E-state index contributed by atoms with van der Waals surface area (Å²) in [5.74, 6) is 0.782. The van der Waals surface area contributed by atoms with Gasteiger partial charge in [-0.2, -0.15) is 0 Å². The SMILES string of the molecule is CC1CCCN(Cc2ccc(Cl)c([N+](=O)[O-])c2)CC1. The van der Waals surface area contributed by atoms with Gasteiger partial charge in [0.15, 0.2) is 0 Å². The van der Waals surface area contributed by atoms with E-state index < -0.39 is 4.92 Å². The van der Waals surface area contributed by atoms with Gasteiger partial charge >= 0.3 is 0 Å². The van der Waals surface area contributed by atoms with E-state index in [4.69, 9.17) is 11.6 Å². The molecule has 1 aromatic carbocycles. The lowest BCUT2D eigenvalue weighted by Crippen LogP contribution is -2.24. The lowest BCUT2D eigenvalue weighted by Gasteiger charge is -2.19. The first-order valence-corrected chi connectivity index (χ1v) is 7.09. The number of nitro benzene ring substituents is 1. The molecular weight excluding hydrogens is 264 g/mol. The minimum atomic E-state index is -0.420. The summed E-state index contributed by atoms with van der Waals surface area (Å²) in [6, 6.07) is 5.09. The monoisotopic (exact) mass is 282 g/mol. The maximum Gasteiger partial charge on any atom is 0.288 e. The van der Waals surface area contributed by atoms with E-state index >= 15 is 0 Å². The fourth-order valence-electron chi connectivity index (χ4n) is 2.54. The molecule has 1 saturated heterocycles. The van der Waals surface area contributed by atoms with Crippen LogP contribution in [0.25, 0.3) is 0 Å². The summed E-state index contributed by atoms with van der Waals surface area (Å²) in [7, 11) is 0. The Kier molecular flexibility index (Phi) is 4.77. The molecule has 1 aromatic rings. The van der Waals surface area contributed by atoms with Crippen LogP contribution in [0.1, 0.15) is 31.7 Å². The third-order valence-electron chi connectivity index (χ3n) is 3.72. The minimum absolute atomic E-state index is 0.00218. The number of hydrogen-bond acceptors (Lipinski definition) is 3. The molecule has 0 spiro atoms. The summed E-state index contributed by atoms with van der Waals surface area (Å²) < 4.78 is 0. The van der Waals surface area contributed by atoms with E-state index in [0.717, 1.165) is 31.1 Å². The fraction of sp³-hybridized carbons (Fsp3) is 0.571. The predicted octanol–water partition coefficient (Wildman–Crippen LogP) is 3.87. The van der Waals surface area contributed by atoms with Gasteiger partial charge in [0.1, 0.15) is 5.02 Å². The van der Waals surface area contributed by atoms with E-state index in [1.54, 1.807) is 12.1 Å². The van der Waals surface area contributed by atoms with E-state index in [1.807, 2.05) is 6.07 Å². The molecule has 19 heavy (non-hydrogen) atoms. The Morgan fingerprint density at radius 2 is 2.21 bits per heavy atom. The first-order valence-electron chi connectivity index (χ1n) is 6.71. The summed E-state index contributed by atoms with van der Waals surface area (Å²) >= 11 is 5.82. The quantitative estimate of drug-likeness (QED) is 0.624. The molecule has 2 rings (SSSR count). The van der Waals surface area contributed by atoms with Crippen molar-refractivity contribution >= 4 is 17.3 Å². The molecular formula is C14H19ClN2O2. The van der Waals surface area contributed by atoms with E-state index in [2.05, 4.69) is 11.8 Å². The van der Waals surface area contributed by atoms with Crippen LogP contribution < -0.4 is 0 Å². The molecule has 1 aliphatic rings. The van der Waals surface area contributed by atoms with Crippen molar-refractivity contribution in [3.63, 3.8) is 0 Å². The lowest BCUT2D eigenvalue weighted by atomic mass is 10.0. The molecule has 0 aliphatic carbocycles. The standard InChI is InChI=1S/C14H19ClN2O2/c1-11-3-2-7-16(8-6-11)10-12-4-5-13(15)14(9-12)17(18)19/h4-5,9,11H,2-3,6-8,10H2,1H3. The third-order valence-corrected chi connectivity index (χ3v) is 4.04. The van der Waals surface area contributed by atoms with Gasteiger partial charge in [-0.1, -0.05) is 24.6 Å². The molecule has 5 heteroatoms. The highest BCUT2D eigenvalue weighted by molar-refractivity contribution is 6.32. The van der Waals surface area contributed by atoms with Crippen molar-refractivity contribution in [3.8, 4) is 0 Å². The van der Waals surface area contributed by atoms with Gasteiger partial charge < -0.3 is 0 Å². The third kappa shape index (κ3) is 3.91. The van der Waals surface area contributed by atoms with Crippen LogP contribution in [-0.2, 0) is 6.54 Å². The molecule has 0 saturated carbocycles. The average molecular weight is 283 g/mol. The van der Waals surface area contributed by atoms with Crippen molar-refractivity contribution in [2.75, 3.05) is 13.1 Å². The molecule has 0 bridgehead atoms. The number of nitrogens with zero attached hydrogens (tertiary/aromatic N) is 2. The van der Waals surface area contributed by atoms with Gasteiger partial charge in [0.25, 0.3) is 5.69 Å². The maximum atomic E-state index is 10.9. The Morgan fingerprint density at radius 3 is 2.95 bits per heavy atom. The van der Waals surface area contributed by atoms with Crippen LogP contribution in [-0.4, -0.2) is 22.9 Å². The smallest absolute Gasteiger partial charge is 0.288 e. The second kappa shape index (κ2) is 6.35. The summed E-state index contributed by atoms with van der Waals surface area (Å²) in [4.78, 5) is 12.8. The van der Waals surface area contributed by atoms with Crippen molar-refractivity contribution in [1.82, 2.24) is 4.90 Å². The zero-order chi connectivity index (χ0) is 13.8. The highest BCUT2D eigenvalue weighted by atomic mass is 35.5. The molecule has 1 unspecified atom stereocenters. The summed E-state index contributed by atoms with van der Waals surface area (Å²) in [6.07, 6.45) is 3.68. The minimum Gasteiger partial charge on any atom is -0.299 e. The van der Waals surface area contributed by atoms with Crippen molar-refractivity contribution < 1.29 is 4.92 Å². The van der Waals surface area contributed by atoms with Gasteiger partial charge in [-0.05, 0) is 49.9 Å². The van der Waals surface area contributed by atoms with Gasteiger partial charge in [0.2, 0.25) is 0 Å². The molecule has 0 radical (unpaired) electrons. The topological polar surface area (TPSA) is 46.4 Å². The lowest BCUT2D eigenvalue weighted by molar-refractivity contribution is -0.384. The number of rotatable bonds is 3. The molecule has 0 aromatic heterocycles. The Labute approximate surface area is 118 Å². The largest absolute Gasteiger partial charge is 0.299 e. The molecule has 104 valence electrons. The van der Waals surface area contributed by atoms with Crippen LogP contribution in [0.15, 0.2) is 18.2 Å². The maximum absolute atomic E-state index is 10.9. The van der Waals surface area contributed by atoms with Crippen LogP contribution in [0, 0.1) is 16.0 Å². The van der Waals surface area contributed by atoms with Gasteiger partial charge in [-0.25, -0.2) is 0 Å². The van der Waals surface area contributed by atoms with E-state index in [-0.39, 0.29) is 10.7 Å². The molecule has 0 N–H and O–H groups in total. The molecule has 1 atom stereocenters. The van der Waals surface area contributed by atoms with Crippen molar-refractivity contribution in [2.24, 2.45) is 5.92 Å². The Balaban J connectivity index is 2.06. The number of halogens is 1. The Bertz CT molecular complexity index is 465. The molecule has 1 aliphatic heterocycles. The van der Waals surface area contributed by atoms with Crippen molar-refractivity contribution in [1.29, 1.82) is 0 Å². The van der Waals surface area contributed by atoms with Gasteiger partial charge in [0.05, 0.1) is 4.92 Å². The van der Waals surface area contributed by atoms with Gasteiger partial charge in [0, 0.05) is 12.6 Å². The Morgan fingerprint density at radius 1 is 1.42 bits per heavy atom. The molecule has 4 nitrogen and oxygen atoms in total. The van der Waals surface area contributed by atoms with Crippen LogP contribution in [0.3, 0.4) is 0 Å². The number of nitro groups is 1. The zero-order valence-electron chi connectivity index (χ0n) is 11.1. The first kappa shape index (κ1) is 14.3. The summed E-state index contributed by atoms with van der Waals surface area (Å²) in [6.45, 7) is 5.19. The molecule has 1 heterocycles. The normalized spacial score (nSPS) is 21.1. The Hall–Kier alpha value is -1.13. The number of likely N-dealkylation sites (tertiary alicyclic amines) is 1. The second-order valence-electron chi connectivity index (χ2n) is 5.36. The predicted molar refractivity (Wildman–Crippen MR) is 76.4 cm³/mol.